The molecule has 2 heterocycles. The third-order valence-electron chi connectivity index (χ3n) is 5.66. The molecule has 1 spiro atoms. The zero-order valence-electron chi connectivity index (χ0n) is 15.2. The summed E-state index contributed by atoms with van der Waals surface area (Å²) in [5.41, 5.74) is 1.55. The number of hydrogen-bond acceptors (Lipinski definition) is 3. The summed E-state index contributed by atoms with van der Waals surface area (Å²) >= 11 is 0. The third kappa shape index (κ3) is 5.05. The first-order valence-electron chi connectivity index (χ1n) is 9.79. The molecule has 0 radical (unpaired) electrons. The van der Waals surface area contributed by atoms with Crippen molar-refractivity contribution in [1.82, 2.24) is 4.90 Å². The highest BCUT2D eigenvalue weighted by Crippen LogP contribution is 2.32. The van der Waals surface area contributed by atoms with Crippen LogP contribution in [0, 0.1) is 0 Å². The van der Waals surface area contributed by atoms with Gasteiger partial charge in [-0.3, -0.25) is 0 Å². The Morgan fingerprint density at radius 1 is 0.875 bits per heavy atom. The monoisotopic (exact) mass is 331 g/mol. The molecule has 4 rings (SSSR count). The molecule has 2 aliphatic heterocycles. The van der Waals surface area contributed by atoms with E-state index in [0.29, 0.717) is 0 Å². The topological polar surface area (TPSA) is 21.7 Å². The maximum absolute atomic E-state index is 5.66. The minimum Gasteiger partial charge on any atom is -0.347 e. The van der Waals surface area contributed by atoms with Crippen molar-refractivity contribution in [1.29, 1.82) is 0 Å². The van der Waals surface area contributed by atoms with Crippen LogP contribution < -0.4 is 0 Å². The van der Waals surface area contributed by atoms with Crippen LogP contribution in [0.2, 0.25) is 0 Å². The van der Waals surface area contributed by atoms with E-state index in [1.807, 2.05) is 0 Å². The van der Waals surface area contributed by atoms with Gasteiger partial charge in [0.2, 0.25) is 0 Å². The molecule has 3 fully saturated rings. The van der Waals surface area contributed by atoms with Crippen molar-refractivity contribution in [3.05, 3.63) is 35.9 Å². The molecule has 3 aliphatic rings. The predicted molar refractivity (Wildman–Crippen MR) is 98.3 cm³/mol. The van der Waals surface area contributed by atoms with E-state index in [9.17, 15) is 0 Å². The Kier molecular flexibility index (Phi) is 6.70. The molecule has 0 atom stereocenters. The Bertz CT molecular complexity index is 464. The summed E-state index contributed by atoms with van der Waals surface area (Å²) in [5.74, 6) is 0.657. The summed E-state index contributed by atoms with van der Waals surface area (Å²) in [4.78, 5) is 2.35. The molecule has 134 valence electrons. The molecule has 1 aromatic carbocycles. The van der Waals surface area contributed by atoms with E-state index in [1.165, 1.54) is 45.1 Å². The Morgan fingerprint density at radius 2 is 1.58 bits per heavy atom. The number of nitrogens with zero attached hydrogens (tertiary/aromatic N) is 1. The van der Waals surface area contributed by atoms with Gasteiger partial charge in [0.15, 0.2) is 5.79 Å². The molecule has 0 N–H and O–H groups in total. The van der Waals surface area contributed by atoms with E-state index >= 15 is 0 Å². The molecule has 1 aromatic rings. The van der Waals surface area contributed by atoms with Gasteiger partial charge in [-0.15, -0.1) is 0 Å². The lowest BCUT2D eigenvalue weighted by Gasteiger charge is -2.25. The standard InChI is InChI=1S/C12H16.C9H17NO2/c1-3-7-11(8-4-1)12-9-5-2-6-10-12;1-10-5-2-3-9(4-6-10)11-7-8-12-9/h1,3-4,7-8,12H,2,5-6,9-10H2;2-8H2,1H3. The van der Waals surface area contributed by atoms with Gasteiger partial charge in [-0.25, -0.2) is 0 Å². The van der Waals surface area contributed by atoms with Crippen molar-refractivity contribution in [2.45, 2.75) is 63.1 Å². The van der Waals surface area contributed by atoms with Crippen LogP contribution in [0.5, 0.6) is 0 Å². The average molecular weight is 332 g/mol. The van der Waals surface area contributed by atoms with Crippen LogP contribution in [-0.2, 0) is 9.47 Å². The summed E-state index contributed by atoms with van der Waals surface area (Å²) in [6.45, 7) is 3.84. The molecule has 0 aromatic heterocycles. The summed E-state index contributed by atoms with van der Waals surface area (Å²) in [6.07, 6.45) is 10.4. The Morgan fingerprint density at radius 3 is 2.29 bits per heavy atom. The van der Waals surface area contributed by atoms with E-state index in [2.05, 4.69) is 42.3 Å². The Balaban J connectivity index is 0.000000141. The molecule has 0 bridgehead atoms. The van der Waals surface area contributed by atoms with Crippen molar-refractivity contribution in [3.8, 4) is 0 Å². The molecular formula is C21H33NO2. The SMILES string of the molecule is CN1CCCC2(CC1)OCCO2.c1ccc(C2CCCCC2)cc1. The summed E-state index contributed by atoms with van der Waals surface area (Å²) in [5, 5.41) is 0. The summed E-state index contributed by atoms with van der Waals surface area (Å²) < 4.78 is 11.3. The van der Waals surface area contributed by atoms with Gasteiger partial charge in [-0.05, 0) is 44.3 Å². The molecule has 2 saturated heterocycles. The molecule has 24 heavy (non-hydrogen) atoms. The molecule has 0 unspecified atom stereocenters. The highest BCUT2D eigenvalue weighted by molar-refractivity contribution is 5.19. The number of benzene rings is 1. The number of ether oxygens (including phenoxy) is 2. The van der Waals surface area contributed by atoms with E-state index in [0.717, 1.165) is 38.5 Å². The number of rotatable bonds is 1. The maximum atomic E-state index is 5.66. The highest BCUT2D eigenvalue weighted by Gasteiger charge is 2.37. The van der Waals surface area contributed by atoms with Crippen LogP contribution in [0.25, 0.3) is 0 Å². The molecule has 0 amide bonds. The van der Waals surface area contributed by atoms with Gasteiger partial charge in [0, 0.05) is 19.4 Å². The van der Waals surface area contributed by atoms with E-state index in [4.69, 9.17) is 9.47 Å². The van der Waals surface area contributed by atoms with Crippen molar-refractivity contribution < 1.29 is 9.47 Å². The molecule has 3 heteroatoms. The van der Waals surface area contributed by atoms with Crippen LogP contribution >= 0.6 is 0 Å². The maximum Gasteiger partial charge on any atom is 0.169 e. The molecule has 1 saturated carbocycles. The first-order chi connectivity index (χ1) is 11.8. The number of likely N-dealkylation sites (tertiary alicyclic amines) is 1. The zero-order valence-corrected chi connectivity index (χ0v) is 15.2. The van der Waals surface area contributed by atoms with Gasteiger partial charge in [-0.1, -0.05) is 49.6 Å². The minimum absolute atomic E-state index is 0.204. The second-order valence-electron chi connectivity index (χ2n) is 7.51. The van der Waals surface area contributed by atoms with Gasteiger partial charge < -0.3 is 14.4 Å². The fourth-order valence-corrected chi connectivity index (χ4v) is 4.16. The first kappa shape index (κ1) is 17.9. The third-order valence-corrected chi connectivity index (χ3v) is 5.66. The largest absolute Gasteiger partial charge is 0.347 e. The second kappa shape index (κ2) is 8.98. The Hall–Kier alpha value is -0.900. The Labute approximate surface area is 147 Å². The van der Waals surface area contributed by atoms with Gasteiger partial charge in [-0.2, -0.15) is 0 Å². The van der Waals surface area contributed by atoms with Crippen molar-refractivity contribution >= 4 is 0 Å². The second-order valence-corrected chi connectivity index (χ2v) is 7.51. The fourth-order valence-electron chi connectivity index (χ4n) is 4.16. The van der Waals surface area contributed by atoms with Crippen LogP contribution in [0.4, 0.5) is 0 Å². The number of hydrogen-bond donors (Lipinski definition) is 0. The van der Waals surface area contributed by atoms with Crippen molar-refractivity contribution in [3.63, 3.8) is 0 Å². The van der Waals surface area contributed by atoms with Gasteiger partial charge in [0.1, 0.15) is 0 Å². The van der Waals surface area contributed by atoms with Gasteiger partial charge >= 0.3 is 0 Å². The predicted octanol–water partition coefficient (Wildman–Crippen LogP) is 4.58. The summed E-state index contributed by atoms with van der Waals surface area (Å²) in [6, 6.07) is 11.0. The molecule has 3 nitrogen and oxygen atoms in total. The van der Waals surface area contributed by atoms with Crippen LogP contribution in [0.15, 0.2) is 30.3 Å². The molecule has 1 aliphatic carbocycles. The summed E-state index contributed by atoms with van der Waals surface area (Å²) in [7, 11) is 2.16. The van der Waals surface area contributed by atoms with Crippen molar-refractivity contribution in [2.75, 3.05) is 33.4 Å². The van der Waals surface area contributed by atoms with Crippen molar-refractivity contribution in [2.24, 2.45) is 0 Å². The molecular weight excluding hydrogens is 298 g/mol. The van der Waals surface area contributed by atoms with E-state index in [-0.39, 0.29) is 5.79 Å². The van der Waals surface area contributed by atoms with Crippen LogP contribution in [-0.4, -0.2) is 44.0 Å². The smallest absolute Gasteiger partial charge is 0.169 e. The fraction of sp³-hybridized carbons (Fsp3) is 0.714. The van der Waals surface area contributed by atoms with E-state index in [1.54, 1.807) is 5.56 Å². The van der Waals surface area contributed by atoms with Crippen LogP contribution in [0.3, 0.4) is 0 Å². The lowest BCUT2D eigenvalue weighted by molar-refractivity contribution is -0.163. The van der Waals surface area contributed by atoms with Gasteiger partial charge in [0.05, 0.1) is 13.2 Å². The van der Waals surface area contributed by atoms with Gasteiger partial charge in [0.25, 0.3) is 0 Å². The zero-order chi connectivity index (χ0) is 16.7. The normalized spacial score (nSPS) is 25.0. The lowest BCUT2D eigenvalue weighted by Crippen LogP contribution is -2.31. The van der Waals surface area contributed by atoms with E-state index < -0.39 is 0 Å². The lowest BCUT2D eigenvalue weighted by atomic mass is 9.84. The quantitative estimate of drug-likeness (QED) is 0.752. The highest BCUT2D eigenvalue weighted by atomic mass is 16.7. The average Bonchev–Trinajstić information content (AvgIpc) is 3.03. The van der Waals surface area contributed by atoms with Crippen LogP contribution in [0.1, 0.15) is 62.8 Å². The minimum atomic E-state index is -0.204. The first-order valence-corrected chi connectivity index (χ1v) is 9.79.